The maximum Gasteiger partial charge on any atom is 0.226 e. The molecule has 4 heteroatoms. The molecule has 0 saturated heterocycles. The highest BCUT2D eigenvalue weighted by molar-refractivity contribution is 5.76. The Morgan fingerprint density at radius 3 is 2.45 bits per heavy atom. The van der Waals surface area contributed by atoms with Crippen LogP contribution in [0.4, 0.5) is 0 Å². The second kappa shape index (κ2) is 9.37. The van der Waals surface area contributed by atoms with Gasteiger partial charge in [0, 0.05) is 19.1 Å². The van der Waals surface area contributed by atoms with Gasteiger partial charge in [-0.05, 0) is 25.0 Å². The normalized spacial score (nSPS) is 10.6. The SMILES string of the molecule is CCC(CC)N(CCN)C(=O)CCOc1ccccc1. The van der Waals surface area contributed by atoms with Crippen LogP contribution in [0.3, 0.4) is 0 Å². The first-order valence-electron chi connectivity index (χ1n) is 7.40. The summed E-state index contributed by atoms with van der Waals surface area (Å²) in [6.45, 7) is 5.74. The summed E-state index contributed by atoms with van der Waals surface area (Å²) in [6.07, 6.45) is 2.31. The molecule has 1 aromatic carbocycles. The van der Waals surface area contributed by atoms with E-state index in [2.05, 4.69) is 13.8 Å². The molecule has 0 aliphatic rings. The second-order valence-corrected chi connectivity index (χ2v) is 4.76. The number of hydrogen-bond donors (Lipinski definition) is 1. The van der Waals surface area contributed by atoms with E-state index in [9.17, 15) is 4.79 Å². The first-order valence-corrected chi connectivity index (χ1v) is 7.40. The van der Waals surface area contributed by atoms with E-state index in [1.54, 1.807) is 0 Å². The Labute approximate surface area is 121 Å². The minimum Gasteiger partial charge on any atom is -0.493 e. The fraction of sp³-hybridized carbons (Fsp3) is 0.562. The van der Waals surface area contributed by atoms with Crippen LogP contribution in [-0.4, -0.2) is 36.5 Å². The first-order chi connectivity index (χ1) is 9.72. The number of carbonyl (C=O) groups excluding carboxylic acids is 1. The van der Waals surface area contributed by atoms with Crippen molar-refractivity contribution in [2.24, 2.45) is 5.73 Å². The molecular weight excluding hydrogens is 252 g/mol. The van der Waals surface area contributed by atoms with Crippen LogP contribution in [0, 0.1) is 0 Å². The van der Waals surface area contributed by atoms with Gasteiger partial charge in [0.15, 0.2) is 0 Å². The summed E-state index contributed by atoms with van der Waals surface area (Å²) >= 11 is 0. The van der Waals surface area contributed by atoms with Gasteiger partial charge in [-0.3, -0.25) is 4.79 Å². The molecule has 0 spiro atoms. The number of nitrogens with zero attached hydrogens (tertiary/aromatic N) is 1. The van der Waals surface area contributed by atoms with E-state index in [-0.39, 0.29) is 11.9 Å². The summed E-state index contributed by atoms with van der Waals surface area (Å²) in [5.41, 5.74) is 5.61. The third-order valence-electron chi connectivity index (χ3n) is 3.40. The van der Waals surface area contributed by atoms with Crippen molar-refractivity contribution in [2.45, 2.75) is 39.2 Å². The Bertz CT molecular complexity index is 377. The highest BCUT2D eigenvalue weighted by Crippen LogP contribution is 2.12. The number of carbonyl (C=O) groups is 1. The van der Waals surface area contributed by atoms with Gasteiger partial charge in [-0.25, -0.2) is 0 Å². The van der Waals surface area contributed by atoms with Crippen LogP contribution in [-0.2, 0) is 4.79 Å². The van der Waals surface area contributed by atoms with Crippen molar-refractivity contribution < 1.29 is 9.53 Å². The third-order valence-corrected chi connectivity index (χ3v) is 3.40. The lowest BCUT2D eigenvalue weighted by Gasteiger charge is -2.30. The van der Waals surface area contributed by atoms with E-state index in [1.165, 1.54) is 0 Å². The molecule has 0 radical (unpaired) electrons. The molecule has 1 rings (SSSR count). The van der Waals surface area contributed by atoms with Crippen LogP contribution >= 0.6 is 0 Å². The van der Waals surface area contributed by atoms with E-state index in [0.717, 1.165) is 18.6 Å². The molecule has 0 aromatic heterocycles. The van der Waals surface area contributed by atoms with Crippen LogP contribution in [0.15, 0.2) is 30.3 Å². The van der Waals surface area contributed by atoms with Gasteiger partial charge in [0.1, 0.15) is 5.75 Å². The summed E-state index contributed by atoms with van der Waals surface area (Å²) in [5.74, 6) is 0.924. The van der Waals surface area contributed by atoms with Gasteiger partial charge in [0.05, 0.1) is 13.0 Å². The summed E-state index contributed by atoms with van der Waals surface area (Å²) < 4.78 is 5.57. The fourth-order valence-corrected chi connectivity index (χ4v) is 2.30. The standard InChI is InChI=1S/C16H26N2O2/c1-3-14(4-2)18(12-11-17)16(19)10-13-20-15-8-6-5-7-9-15/h5-9,14H,3-4,10-13,17H2,1-2H3. The molecule has 112 valence electrons. The number of para-hydroxylation sites is 1. The molecule has 0 bridgehead atoms. The number of amides is 1. The molecule has 1 amide bonds. The van der Waals surface area contributed by atoms with E-state index >= 15 is 0 Å². The Morgan fingerprint density at radius 2 is 1.90 bits per heavy atom. The molecule has 0 fully saturated rings. The molecule has 0 saturated carbocycles. The Balaban J connectivity index is 2.45. The van der Waals surface area contributed by atoms with Crippen molar-refractivity contribution in [3.63, 3.8) is 0 Å². The van der Waals surface area contributed by atoms with Gasteiger partial charge in [-0.1, -0.05) is 32.0 Å². The Morgan fingerprint density at radius 1 is 1.25 bits per heavy atom. The maximum atomic E-state index is 12.3. The van der Waals surface area contributed by atoms with Crippen LogP contribution in [0.25, 0.3) is 0 Å². The van der Waals surface area contributed by atoms with Gasteiger partial charge >= 0.3 is 0 Å². The Kier molecular flexibility index (Phi) is 7.73. The molecule has 2 N–H and O–H groups in total. The lowest BCUT2D eigenvalue weighted by molar-refractivity contribution is -0.134. The number of rotatable bonds is 9. The fourth-order valence-electron chi connectivity index (χ4n) is 2.30. The Hall–Kier alpha value is -1.55. The molecular formula is C16H26N2O2. The third kappa shape index (κ3) is 5.21. The molecule has 20 heavy (non-hydrogen) atoms. The minimum absolute atomic E-state index is 0.125. The van der Waals surface area contributed by atoms with Crippen molar-refractivity contribution in [3.8, 4) is 5.75 Å². The maximum absolute atomic E-state index is 12.3. The van der Waals surface area contributed by atoms with E-state index in [4.69, 9.17) is 10.5 Å². The second-order valence-electron chi connectivity index (χ2n) is 4.76. The highest BCUT2D eigenvalue weighted by Gasteiger charge is 2.19. The van der Waals surface area contributed by atoms with E-state index in [1.807, 2.05) is 35.2 Å². The van der Waals surface area contributed by atoms with Gasteiger partial charge < -0.3 is 15.4 Å². The zero-order valence-electron chi connectivity index (χ0n) is 12.5. The zero-order valence-corrected chi connectivity index (χ0v) is 12.5. The van der Waals surface area contributed by atoms with Gasteiger partial charge in [-0.2, -0.15) is 0 Å². The van der Waals surface area contributed by atoms with Crippen LogP contribution in [0.2, 0.25) is 0 Å². The number of nitrogens with two attached hydrogens (primary N) is 1. The van der Waals surface area contributed by atoms with Crippen LogP contribution in [0.1, 0.15) is 33.1 Å². The number of ether oxygens (including phenoxy) is 1. The van der Waals surface area contributed by atoms with Crippen LogP contribution < -0.4 is 10.5 Å². The monoisotopic (exact) mass is 278 g/mol. The average Bonchev–Trinajstić information content (AvgIpc) is 2.48. The summed E-state index contributed by atoms with van der Waals surface area (Å²) in [5, 5.41) is 0. The lowest BCUT2D eigenvalue weighted by atomic mass is 10.1. The molecule has 4 nitrogen and oxygen atoms in total. The van der Waals surface area contributed by atoms with Crippen molar-refractivity contribution in [2.75, 3.05) is 19.7 Å². The van der Waals surface area contributed by atoms with Crippen molar-refractivity contribution in [1.82, 2.24) is 4.90 Å². The van der Waals surface area contributed by atoms with E-state index < -0.39 is 0 Å². The molecule has 0 aliphatic carbocycles. The molecule has 1 aromatic rings. The zero-order chi connectivity index (χ0) is 14.8. The smallest absolute Gasteiger partial charge is 0.226 e. The highest BCUT2D eigenvalue weighted by atomic mass is 16.5. The quantitative estimate of drug-likeness (QED) is 0.755. The number of hydrogen-bond acceptors (Lipinski definition) is 3. The topological polar surface area (TPSA) is 55.6 Å². The molecule has 0 aliphatic heterocycles. The van der Waals surface area contributed by atoms with Crippen LogP contribution in [0.5, 0.6) is 5.75 Å². The predicted octanol–water partition coefficient (Wildman–Crippen LogP) is 2.43. The lowest BCUT2D eigenvalue weighted by Crippen LogP contribution is -2.43. The largest absolute Gasteiger partial charge is 0.493 e. The summed E-state index contributed by atoms with van der Waals surface area (Å²) in [6, 6.07) is 9.84. The van der Waals surface area contributed by atoms with Gasteiger partial charge in [-0.15, -0.1) is 0 Å². The van der Waals surface area contributed by atoms with Gasteiger partial charge in [0.2, 0.25) is 5.91 Å². The number of benzene rings is 1. The van der Waals surface area contributed by atoms with E-state index in [0.29, 0.717) is 26.1 Å². The first kappa shape index (κ1) is 16.5. The van der Waals surface area contributed by atoms with Crippen molar-refractivity contribution in [3.05, 3.63) is 30.3 Å². The minimum atomic E-state index is 0.125. The molecule has 0 heterocycles. The summed E-state index contributed by atoms with van der Waals surface area (Å²) in [7, 11) is 0. The predicted molar refractivity (Wildman–Crippen MR) is 81.7 cm³/mol. The summed E-state index contributed by atoms with van der Waals surface area (Å²) in [4.78, 5) is 14.2. The molecule has 0 atom stereocenters. The van der Waals surface area contributed by atoms with Gasteiger partial charge in [0.25, 0.3) is 0 Å². The molecule has 0 unspecified atom stereocenters. The average molecular weight is 278 g/mol. The van der Waals surface area contributed by atoms with Crippen molar-refractivity contribution >= 4 is 5.91 Å². The van der Waals surface area contributed by atoms with Crippen molar-refractivity contribution in [1.29, 1.82) is 0 Å².